The van der Waals surface area contributed by atoms with Crippen LogP contribution in [0.1, 0.15) is 24.0 Å². The van der Waals surface area contributed by atoms with E-state index in [1.807, 2.05) is 43.3 Å². The van der Waals surface area contributed by atoms with E-state index < -0.39 is 22.0 Å². The second-order valence-corrected chi connectivity index (χ2v) is 8.05. The van der Waals surface area contributed by atoms with Crippen LogP contribution >= 0.6 is 0 Å². The quantitative estimate of drug-likeness (QED) is 0.773. The first kappa shape index (κ1) is 18.2. The van der Waals surface area contributed by atoms with Gasteiger partial charge in [0.05, 0.1) is 12.0 Å². The molecule has 0 unspecified atom stereocenters. The number of ether oxygens (including phenoxy) is 1. The van der Waals surface area contributed by atoms with E-state index in [2.05, 4.69) is 0 Å². The highest BCUT2D eigenvalue weighted by atomic mass is 32.2. The van der Waals surface area contributed by atoms with Crippen LogP contribution < -0.4 is 0 Å². The number of nitrogens with zero attached hydrogens (tertiary/aromatic N) is 1. The van der Waals surface area contributed by atoms with E-state index in [1.165, 1.54) is 11.4 Å². The molecular formula is C20H21NO4S. The van der Waals surface area contributed by atoms with E-state index in [9.17, 15) is 13.2 Å². The number of allylic oxidation sites excluding steroid dienone is 1. The van der Waals surface area contributed by atoms with Gasteiger partial charge in [-0.1, -0.05) is 48.0 Å². The number of methoxy groups -OCH3 is 1. The van der Waals surface area contributed by atoms with Crippen molar-refractivity contribution in [1.29, 1.82) is 0 Å². The fourth-order valence-corrected chi connectivity index (χ4v) is 4.77. The van der Waals surface area contributed by atoms with Crippen LogP contribution in [0, 0.1) is 6.92 Å². The summed E-state index contributed by atoms with van der Waals surface area (Å²) in [5.74, 6) is -0.544. The predicted molar refractivity (Wildman–Crippen MR) is 99.7 cm³/mol. The third kappa shape index (κ3) is 3.51. The van der Waals surface area contributed by atoms with Gasteiger partial charge in [-0.05, 0) is 43.5 Å². The van der Waals surface area contributed by atoms with Crippen LogP contribution in [0.5, 0.6) is 0 Å². The molecule has 6 heteroatoms. The maximum absolute atomic E-state index is 13.3. The van der Waals surface area contributed by atoms with Crippen molar-refractivity contribution in [2.75, 3.05) is 7.11 Å². The smallest absolute Gasteiger partial charge is 0.329 e. The SMILES string of the molecule is COC(=O)[C@H]1CC/C(=C\c2ccccc2)N1S(=O)(=O)c1ccc(C)cc1. The fraction of sp³-hybridized carbons (Fsp3) is 0.250. The Labute approximate surface area is 154 Å². The average molecular weight is 371 g/mol. The van der Waals surface area contributed by atoms with Crippen LogP contribution in [-0.4, -0.2) is 31.8 Å². The van der Waals surface area contributed by atoms with Crippen LogP contribution in [0.3, 0.4) is 0 Å². The van der Waals surface area contributed by atoms with E-state index >= 15 is 0 Å². The normalized spacial score (nSPS) is 18.9. The van der Waals surface area contributed by atoms with Crippen molar-refractivity contribution in [3.8, 4) is 0 Å². The van der Waals surface area contributed by atoms with Gasteiger partial charge in [-0.15, -0.1) is 0 Å². The van der Waals surface area contributed by atoms with E-state index in [1.54, 1.807) is 24.3 Å². The molecule has 0 N–H and O–H groups in total. The number of rotatable bonds is 4. The van der Waals surface area contributed by atoms with Gasteiger partial charge in [0.2, 0.25) is 0 Å². The largest absolute Gasteiger partial charge is 0.467 e. The summed E-state index contributed by atoms with van der Waals surface area (Å²) < 4.78 is 32.6. The van der Waals surface area contributed by atoms with Gasteiger partial charge < -0.3 is 4.74 Å². The molecule has 1 atom stereocenters. The number of carbonyl (C=O) groups is 1. The van der Waals surface area contributed by atoms with Crippen molar-refractivity contribution in [1.82, 2.24) is 4.31 Å². The Hall–Kier alpha value is -2.60. The minimum Gasteiger partial charge on any atom is -0.467 e. The first-order chi connectivity index (χ1) is 12.4. The zero-order chi connectivity index (χ0) is 18.7. The number of hydrogen-bond acceptors (Lipinski definition) is 4. The first-order valence-corrected chi connectivity index (χ1v) is 9.82. The van der Waals surface area contributed by atoms with Crippen molar-refractivity contribution in [3.63, 3.8) is 0 Å². The Kier molecular flexibility index (Phi) is 5.13. The molecule has 0 bridgehead atoms. The lowest BCUT2D eigenvalue weighted by molar-refractivity contribution is -0.144. The molecule has 0 spiro atoms. The molecule has 136 valence electrons. The second kappa shape index (κ2) is 7.33. The van der Waals surface area contributed by atoms with E-state index in [0.29, 0.717) is 18.5 Å². The molecule has 1 fully saturated rings. The van der Waals surface area contributed by atoms with E-state index in [0.717, 1.165) is 11.1 Å². The lowest BCUT2D eigenvalue weighted by atomic mass is 10.1. The molecule has 1 aliphatic rings. The number of aryl methyl sites for hydroxylation is 1. The number of hydrogen-bond donors (Lipinski definition) is 0. The molecular weight excluding hydrogens is 350 g/mol. The van der Waals surface area contributed by atoms with Crippen LogP contribution in [0.2, 0.25) is 0 Å². The Morgan fingerprint density at radius 3 is 2.38 bits per heavy atom. The maximum atomic E-state index is 13.3. The Morgan fingerprint density at radius 1 is 1.12 bits per heavy atom. The molecule has 2 aromatic rings. The lowest BCUT2D eigenvalue weighted by Gasteiger charge is -2.26. The molecule has 1 saturated heterocycles. The molecule has 5 nitrogen and oxygen atoms in total. The highest BCUT2D eigenvalue weighted by molar-refractivity contribution is 7.89. The summed E-state index contributed by atoms with van der Waals surface area (Å²) in [5.41, 5.74) is 2.44. The molecule has 3 rings (SSSR count). The topological polar surface area (TPSA) is 63.7 Å². The zero-order valence-corrected chi connectivity index (χ0v) is 15.6. The zero-order valence-electron chi connectivity index (χ0n) is 14.8. The molecule has 1 heterocycles. The van der Waals surface area contributed by atoms with Gasteiger partial charge in [-0.3, -0.25) is 4.31 Å². The van der Waals surface area contributed by atoms with Crippen molar-refractivity contribution in [2.24, 2.45) is 0 Å². The van der Waals surface area contributed by atoms with Gasteiger partial charge in [0.15, 0.2) is 0 Å². The minimum absolute atomic E-state index is 0.165. The van der Waals surface area contributed by atoms with Crippen LogP contribution in [0.4, 0.5) is 0 Å². The number of carbonyl (C=O) groups excluding carboxylic acids is 1. The van der Waals surface area contributed by atoms with Gasteiger partial charge in [0, 0.05) is 5.70 Å². The summed E-state index contributed by atoms with van der Waals surface area (Å²) in [4.78, 5) is 12.4. The standard InChI is InChI=1S/C20H21NO4S/c1-15-8-11-18(12-9-15)26(23,24)21-17(10-13-19(21)20(22)25-2)14-16-6-4-3-5-7-16/h3-9,11-12,14,19H,10,13H2,1-2H3/b17-14+/t19-/m1/s1. The summed E-state index contributed by atoms with van der Waals surface area (Å²) in [6, 6.07) is 15.2. The molecule has 0 saturated carbocycles. The monoisotopic (exact) mass is 371 g/mol. The minimum atomic E-state index is -3.86. The second-order valence-electron chi connectivity index (χ2n) is 6.24. The van der Waals surface area contributed by atoms with Gasteiger partial charge in [-0.25, -0.2) is 13.2 Å². The lowest BCUT2D eigenvalue weighted by Crippen LogP contribution is -2.40. The Morgan fingerprint density at radius 2 is 1.77 bits per heavy atom. The summed E-state index contributed by atoms with van der Waals surface area (Å²) in [5, 5.41) is 0. The molecule has 0 amide bonds. The van der Waals surface area contributed by atoms with Crippen molar-refractivity contribution >= 4 is 22.1 Å². The summed E-state index contributed by atoms with van der Waals surface area (Å²) in [6.07, 6.45) is 2.70. The summed E-state index contributed by atoms with van der Waals surface area (Å²) >= 11 is 0. The molecule has 0 aliphatic carbocycles. The van der Waals surface area contributed by atoms with Gasteiger partial charge in [0.25, 0.3) is 10.0 Å². The van der Waals surface area contributed by atoms with E-state index in [4.69, 9.17) is 4.74 Å². The predicted octanol–water partition coefficient (Wildman–Crippen LogP) is 3.36. The van der Waals surface area contributed by atoms with E-state index in [-0.39, 0.29) is 4.90 Å². The summed E-state index contributed by atoms with van der Waals surface area (Å²) in [6.45, 7) is 1.89. The van der Waals surface area contributed by atoms with Crippen LogP contribution in [-0.2, 0) is 19.6 Å². The Balaban J connectivity index is 2.08. The molecule has 26 heavy (non-hydrogen) atoms. The highest BCUT2D eigenvalue weighted by Gasteiger charge is 2.42. The van der Waals surface area contributed by atoms with Gasteiger partial charge >= 0.3 is 5.97 Å². The summed E-state index contributed by atoms with van der Waals surface area (Å²) in [7, 11) is -2.59. The highest BCUT2D eigenvalue weighted by Crippen LogP contribution is 2.35. The third-order valence-corrected chi connectivity index (χ3v) is 6.30. The van der Waals surface area contributed by atoms with Crippen molar-refractivity contribution in [2.45, 2.75) is 30.7 Å². The number of esters is 1. The van der Waals surface area contributed by atoms with Gasteiger partial charge in [0.1, 0.15) is 6.04 Å². The average Bonchev–Trinajstić information content (AvgIpc) is 3.06. The Bertz CT molecular complexity index is 918. The van der Waals surface area contributed by atoms with Crippen molar-refractivity contribution in [3.05, 3.63) is 71.4 Å². The first-order valence-electron chi connectivity index (χ1n) is 8.38. The molecule has 1 aliphatic heterocycles. The molecule has 0 aromatic heterocycles. The number of sulfonamides is 1. The van der Waals surface area contributed by atoms with Crippen molar-refractivity contribution < 1.29 is 17.9 Å². The van der Waals surface area contributed by atoms with Gasteiger partial charge in [-0.2, -0.15) is 0 Å². The van der Waals surface area contributed by atoms with Crippen LogP contribution in [0.25, 0.3) is 6.08 Å². The molecule has 0 radical (unpaired) electrons. The van der Waals surface area contributed by atoms with Crippen LogP contribution in [0.15, 0.2) is 65.2 Å². The maximum Gasteiger partial charge on any atom is 0.329 e. The third-order valence-electron chi connectivity index (χ3n) is 4.42. The number of benzene rings is 2. The fourth-order valence-electron chi connectivity index (χ4n) is 3.08. The molecule has 2 aromatic carbocycles.